The van der Waals surface area contributed by atoms with E-state index in [9.17, 15) is 13.2 Å². The van der Waals surface area contributed by atoms with Gasteiger partial charge in [0.1, 0.15) is 0 Å². The van der Waals surface area contributed by atoms with Crippen LogP contribution in [-0.2, 0) is 25.8 Å². The fourth-order valence-electron chi connectivity index (χ4n) is 1.76. The summed E-state index contributed by atoms with van der Waals surface area (Å²) in [6, 6.07) is 7.57. The molecule has 0 saturated heterocycles. The number of aryl methyl sites for hydroxylation is 1. The molecule has 1 aromatic rings. The highest BCUT2D eigenvalue weighted by Gasteiger charge is 2.44. The van der Waals surface area contributed by atoms with Crippen molar-refractivity contribution in [3.8, 4) is 0 Å². The van der Waals surface area contributed by atoms with Crippen LogP contribution in [0.2, 0.25) is 0 Å². The fraction of sp³-hybridized carbons (Fsp3) is 0.562. The van der Waals surface area contributed by atoms with Crippen LogP contribution < -0.4 is 0 Å². The second kappa shape index (κ2) is 9.30. The molecule has 0 aliphatic heterocycles. The van der Waals surface area contributed by atoms with Gasteiger partial charge in [-0.3, -0.25) is 4.79 Å². The molecular formula is C16H25BrO4S. The van der Waals surface area contributed by atoms with Crippen molar-refractivity contribution in [2.24, 2.45) is 0 Å². The van der Waals surface area contributed by atoms with Gasteiger partial charge in [0.2, 0.25) is 0 Å². The number of benzene rings is 1. The van der Waals surface area contributed by atoms with Gasteiger partial charge in [0, 0.05) is 10.7 Å². The van der Waals surface area contributed by atoms with Crippen molar-refractivity contribution in [3.63, 3.8) is 0 Å². The Labute approximate surface area is 142 Å². The molecule has 0 aliphatic carbocycles. The highest BCUT2D eigenvalue weighted by atomic mass is 79.9. The monoisotopic (exact) mass is 392 g/mol. The molecule has 0 N–H and O–H groups in total. The average molecular weight is 393 g/mol. The van der Waals surface area contributed by atoms with E-state index in [-0.39, 0.29) is 13.0 Å². The van der Waals surface area contributed by atoms with Crippen LogP contribution in [0.15, 0.2) is 28.7 Å². The third kappa shape index (κ3) is 5.72. The molecule has 4 nitrogen and oxygen atoms in total. The molecule has 0 amide bonds. The molecule has 0 spiro atoms. The quantitative estimate of drug-likeness (QED) is 0.691. The molecular weight excluding hydrogens is 368 g/mol. The first kappa shape index (κ1) is 21.1. The Morgan fingerprint density at radius 3 is 2.14 bits per heavy atom. The summed E-state index contributed by atoms with van der Waals surface area (Å²) in [5, 5.41) is 0. The molecule has 0 fully saturated rings. The second-order valence-electron chi connectivity index (χ2n) is 4.85. The number of ether oxygens (including phenoxy) is 1. The molecule has 0 unspecified atom stereocenters. The average Bonchev–Trinajstić information content (AvgIpc) is 2.47. The van der Waals surface area contributed by atoms with E-state index in [1.54, 1.807) is 6.92 Å². The van der Waals surface area contributed by atoms with Gasteiger partial charge in [-0.1, -0.05) is 41.9 Å². The van der Waals surface area contributed by atoms with E-state index in [1.807, 2.05) is 38.1 Å². The topological polar surface area (TPSA) is 60.4 Å². The molecule has 0 radical (unpaired) electrons. The van der Waals surface area contributed by atoms with Crippen molar-refractivity contribution >= 4 is 31.7 Å². The molecule has 22 heavy (non-hydrogen) atoms. The Kier molecular flexibility index (Phi) is 8.93. The van der Waals surface area contributed by atoms with Crippen LogP contribution in [0, 0.1) is 0 Å². The summed E-state index contributed by atoms with van der Waals surface area (Å²) in [6.45, 7) is 7.26. The fourth-order valence-corrected chi connectivity index (χ4v) is 2.86. The van der Waals surface area contributed by atoms with E-state index in [4.69, 9.17) is 4.74 Å². The van der Waals surface area contributed by atoms with E-state index in [1.165, 1.54) is 6.92 Å². The van der Waals surface area contributed by atoms with Crippen LogP contribution >= 0.6 is 15.9 Å². The molecule has 0 heterocycles. The molecule has 0 bridgehead atoms. The Hall–Kier alpha value is -0.880. The van der Waals surface area contributed by atoms with Gasteiger partial charge in [-0.25, -0.2) is 8.42 Å². The summed E-state index contributed by atoms with van der Waals surface area (Å²) in [6.07, 6.45) is 1.77. The third-order valence-electron chi connectivity index (χ3n) is 3.33. The number of hydrogen-bond donors (Lipinski definition) is 0. The number of carbonyl (C=O) groups is 1. The van der Waals surface area contributed by atoms with Gasteiger partial charge in [0.25, 0.3) is 0 Å². The summed E-state index contributed by atoms with van der Waals surface area (Å²) in [5.74, 6) is -0.681. The zero-order valence-electron chi connectivity index (χ0n) is 13.8. The van der Waals surface area contributed by atoms with Crippen LogP contribution in [0.3, 0.4) is 0 Å². The van der Waals surface area contributed by atoms with Gasteiger partial charge in [-0.05, 0) is 44.4 Å². The van der Waals surface area contributed by atoms with Gasteiger partial charge in [-0.15, -0.1) is 0 Å². The lowest BCUT2D eigenvalue weighted by atomic mass is 10.0. The standard InChI is InChI=1S/C14H19BrO4S.C2H6/c1-4-19-13(16)14(2,20(3,17)18)10-9-11-5-7-12(15)8-6-11;1-2/h5-8H,4,9-10H2,1-3H3;1-2H3/t14-;/m1./s1. The van der Waals surface area contributed by atoms with Gasteiger partial charge >= 0.3 is 5.97 Å². The molecule has 0 saturated carbocycles. The minimum Gasteiger partial charge on any atom is -0.465 e. The highest BCUT2D eigenvalue weighted by Crippen LogP contribution is 2.25. The van der Waals surface area contributed by atoms with E-state index in [0.29, 0.717) is 6.42 Å². The van der Waals surface area contributed by atoms with E-state index in [2.05, 4.69) is 15.9 Å². The van der Waals surface area contributed by atoms with Gasteiger partial charge < -0.3 is 4.74 Å². The normalized spacial score (nSPS) is 13.5. The Morgan fingerprint density at radius 1 is 1.23 bits per heavy atom. The molecule has 126 valence electrons. The summed E-state index contributed by atoms with van der Waals surface area (Å²) in [5.41, 5.74) is 0.979. The lowest BCUT2D eigenvalue weighted by Crippen LogP contribution is -2.44. The second-order valence-corrected chi connectivity index (χ2v) is 8.21. The van der Waals surface area contributed by atoms with Crippen molar-refractivity contribution in [2.75, 3.05) is 12.9 Å². The predicted molar refractivity (Wildman–Crippen MR) is 93.7 cm³/mol. The predicted octanol–water partition coefficient (Wildman–Crippen LogP) is 3.77. The lowest BCUT2D eigenvalue weighted by molar-refractivity contribution is -0.146. The van der Waals surface area contributed by atoms with Crippen molar-refractivity contribution in [1.29, 1.82) is 0 Å². The maximum atomic E-state index is 12.0. The highest BCUT2D eigenvalue weighted by molar-refractivity contribution is 9.10. The number of halogens is 1. The van der Waals surface area contributed by atoms with Crippen molar-refractivity contribution in [1.82, 2.24) is 0 Å². The zero-order valence-corrected chi connectivity index (χ0v) is 16.3. The van der Waals surface area contributed by atoms with Crippen molar-refractivity contribution < 1.29 is 17.9 Å². The Balaban J connectivity index is 0.00000211. The Bertz CT molecular complexity index is 566. The van der Waals surface area contributed by atoms with Crippen LogP contribution in [0.4, 0.5) is 0 Å². The van der Waals surface area contributed by atoms with E-state index in [0.717, 1.165) is 16.3 Å². The van der Waals surface area contributed by atoms with Crippen LogP contribution in [0.5, 0.6) is 0 Å². The SMILES string of the molecule is CC.CCOC(=O)[C@@](C)(CCc1ccc(Br)cc1)S(C)(=O)=O. The molecule has 1 rings (SSSR count). The molecule has 1 atom stereocenters. The number of carbonyl (C=O) groups excluding carboxylic acids is 1. The van der Waals surface area contributed by atoms with Crippen LogP contribution in [-0.4, -0.2) is 32.0 Å². The Morgan fingerprint density at radius 2 is 1.73 bits per heavy atom. The number of sulfone groups is 1. The van der Waals surface area contributed by atoms with Gasteiger partial charge in [-0.2, -0.15) is 0 Å². The summed E-state index contributed by atoms with van der Waals surface area (Å²) in [4.78, 5) is 12.0. The number of hydrogen-bond acceptors (Lipinski definition) is 4. The molecule has 1 aromatic carbocycles. The largest absolute Gasteiger partial charge is 0.465 e. The van der Waals surface area contributed by atoms with Crippen molar-refractivity contribution in [3.05, 3.63) is 34.3 Å². The maximum absolute atomic E-state index is 12.0. The first-order chi connectivity index (χ1) is 10.2. The van der Waals surface area contributed by atoms with Gasteiger partial charge in [0.15, 0.2) is 14.6 Å². The van der Waals surface area contributed by atoms with E-state index >= 15 is 0 Å². The lowest BCUT2D eigenvalue weighted by Gasteiger charge is -2.25. The maximum Gasteiger partial charge on any atom is 0.327 e. The number of rotatable bonds is 6. The smallest absolute Gasteiger partial charge is 0.327 e. The molecule has 0 aliphatic rings. The van der Waals surface area contributed by atoms with Crippen LogP contribution in [0.1, 0.15) is 39.7 Å². The minimum absolute atomic E-state index is 0.169. The summed E-state index contributed by atoms with van der Waals surface area (Å²) in [7, 11) is -3.55. The molecule has 0 aromatic heterocycles. The van der Waals surface area contributed by atoms with Crippen LogP contribution in [0.25, 0.3) is 0 Å². The first-order valence-corrected chi connectivity index (χ1v) is 10.0. The third-order valence-corrected chi connectivity index (χ3v) is 5.87. The number of esters is 1. The zero-order chi connectivity index (χ0) is 17.4. The summed E-state index contributed by atoms with van der Waals surface area (Å²) >= 11 is 3.34. The molecule has 6 heteroatoms. The minimum atomic E-state index is -3.55. The van der Waals surface area contributed by atoms with Gasteiger partial charge in [0.05, 0.1) is 6.61 Å². The summed E-state index contributed by atoms with van der Waals surface area (Å²) < 4.78 is 28.2. The van der Waals surface area contributed by atoms with Crippen molar-refractivity contribution in [2.45, 2.75) is 45.3 Å². The first-order valence-electron chi connectivity index (χ1n) is 7.32. The van der Waals surface area contributed by atoms with E-state index < -0.39 is 20.6 Å².